The Labute approximate surface area is 145 Å². The van der Waals surface area contributed by atoms with E-state index in [1.807, 2.05) is 11.9 Å². The Bertz CT molecular complexity index is 515. The van der Waals surface area contributed by atoms with Crippen molar-refractivity contribution >= 4 is 18.3 Å². The van der Waals surface area contributed by atoms with E-state index in [0.29, 0.717) is 11.5 Å². The predicted molar refractivity (Wildman–Crippen MR) is 87.3 cm³/mol. The van der Waals surface area contributed by atoms with E-state index in [4.69, 9.17) is 0 Å². The quantitative estimate of drug-likeness (QED) is 0.871. The summed E-state index contributed by atoms with van der Waals surface area (Å²) in [7, 11) is 1.92. The average Bonchev–Trinajstić information content (AvgIpc) is 2.49. The van der Waals surface area contributed by atoms with Gasteiger partial charge in [-0.3, -0.25) is 4.79 Å². The van der Waals surface area contributed by atoms with E-state index in [9.17, 15) is 18.0 Å². The number of benzene rings is 1. The third kappa shape index (κ3) is 6.57. The second kappa shape index (κ2) is 9.13. The molecule has 0 unspecified atom stereocenters. The van der Waals surface area contributed by atoms with Crippen LogP contribution < -0.4 is 10.1 Å². The van der Waals surface area contributed by atoms with Crippen molar-refractivity contribution in [2.24, 2.45) is 5.92 Å². The molecule has 1 aromatic carbocycles. The molecular weight excluding hydrogens is 345 g/mol. The first kappa shape index (κ1) is 20.6. The second-order valence-electron chi connectivity index (χ2n) is 5.75. The molecule has 0 aliphatic carbocycles. The molecule has 4 nitrogen and oxygen atoms in total. The van der Waals surface area contributed by atoms with E-state index >= 15 is 0 Å². The molecule has 1 heterocycles. The molecule has 1 aliphatic rings. The minimum atomic E-state index is -4.70. The molecule has 0 bridgehead atoms. The van der Waals surface area contributed by atoms with Crippen LogP contribution in [0.3, 0.4) is 0 Å². The molecule has 0 atom stereocenters. The Morgan fingerprint density at radius 1 is 1.25 bits per heavy atom. The molecule has 0 aromatic heterocycles. The van der Waals surface area contributed by atoms with Gasteiger partial charge < -0.3 is 15.0 Å². The van der Waals surface area contributed by atoms with Crippen molar-refractivity contribution in [1.82, 2.24) is 10.2 Å². The van der Waals surface area contributed by atoms with E-state index < -0.39 is 6.36 Å². The molecule has 24 heavy (non-hydrogen) atoms. The Balaban J connectivity index is 0.00000288. The Kier molecular flexibility index (Phi) is 7.83. The lowest BCUT2D eigenvalue weighted by molar-refractivity contribution is -0.274. The highest BCUT2D eigenvalue weighted by atomic mass is 35.5. The van der Waals surface area contributed by atoms with Gasteiger partial charge in [0.2, 0.25) is 5.91 Å². The fourth-order valence-corrected chi connectivity index (χ4v) is 2.77. The first-order chi connectivity index (χ1) is 10.9. The topological polar surface area (TPSA) is 41.6 Å². The van der Waals surface area contributed by atoms with Crippen LogP contribution in [-0.2, 0) is 11.2 Å². The van der Waals surface area contributed by atoms with Crippen molar-refractivity contribution in [1.29, 1.82) is 0 Å². The maximum absolute atomic E-state index is 12.2. The predicted octanol–water partition coefficient (Wildman–Crippen LogP) is 3.01. The number of amides is 1. The van der Waals surface area contributed by atoms with Gasteiger partial charge in [0.25, 0.3) is 0 Å². The van der Waals surface area contributed by atoms with Crippen LogP contribution in [0, 0.1) is 5.92 Å². The normalized spacial score (nSPS) is 15.8. The molecule has 1 N–H and O–H groups in total. The van der Waals surface area contributed by atoms with Crippen molar-refractivity contribution in [3.8, 4) is 5.75 Å². The standard InChI is InChI=1S/C16H21F3N2O2.ClH/c1-20-11-13-6-8-21(9-7-13)15(22)10-12-2-4-14(5-3-12)23-16(17,18)19;/h2-5,13,20H,6-11H2,1H3;1H. The van der Waals surface area contributed by atoms with E-state index in [-0.39, 0.29) is 30.5 Å². The maximum atomic E-state index is 12.2. The number of hydrogen-bond acceptors (Lipinski definition) is 3. The molecule has 1 aliphatic heterocycles. The summed E-state index contributed by atoms with van der Waals surface area (Å²) in [6.07, 6.45) is -2.55. The molecule has 0 spiro atoms. The van der Waals surface area contributed by atoms with E-state index in [1.165, 1.54) is 24.3 Å². The van der Waals surface area contributed by atoms with Crippen LogP contribution in [0.25, 0.3) is 0 Å². The van der Waals surface area contributed by atoms with Crippen molar-refractivity contribution in [3.63, 3.8) is 0 Å². The van der Waals surface area contributed by atoms with Crippen LogP contribution >= 0.6 is 12.4 Å². The van der Waals surface area contributed by atoms with Gasteiger partial charge in [0.15, 0.2) is 0 Å². The lowest BCUT2D eigenvalue weighted by Crippen LogP contribution is -2.41. The number of carbonyl (C=O) groups is 1. The Morgan fingerprint density at radius 3 is 2.33 bits per heavy atom. The summed E-state index contributed by atoms with van der Waals surface area (Å²) in [6, 6.07) is 5.45. The second-order valence-corrected chi connectivity index (χ2v) is 5.75. The highest BCUT2D eigenvalue weighted by Crippen LogP contribution is 2.23. The fourth-order valence-electron chi connectivity index (χ4n) is 2.77. The first-order valence-corrected chi connectivity index (χ1v) is 7.64. The molecule has 2 rings (SSSR count). The van der Waals surface area contributed by atoms with Crippen LogP contribution in [0.15, 0.2) is 24.3 Å². The lowest BCUT2D eigenvalue weighted by Gasteiger charge is -2.32. The third-order valence-electron chi connectivity index (χ3n) is 3.97. The van der Waals surface area contributed by atoms with Gasteiger partial charge in [-0.25, -0.2) is 0 Å². The summed E-state index contributed by atoms with van der Waals surface area (Å²) in [5.41, 5.74) is 0.682. The number of ether oxygens (including phenoxy) is 1. The van der Waals surface area contributed by atoms with Gasteiger partial charge in [0, 0.05) is 13.1 Å². The highest BCUT2D eigenvalue weighted by Gasteiger charge is 2.31. The van der Waals surface area contributed by atoms with Crippen molar-refractivity contribution in [2.75, 3.05) is 26.7 Å². The van der Waals surface area contributed by atoms with Gasteiger partial charge in [-0.15, -0.1) is 25.6 Å². The molecule has 0 radical (unpaired) electrons. The summed E-state index contributed by atoms with van der Waals surface area (Å²) in [4.78, 5) is 14.1. The van der Waals surface area contributed by atoms with E-state index in [0.717, 1.165) is 32.5 Å². The number of halogens is 4. The smallest absolute Gasteiger partial charge is 0.406 e. The summed E-state index contributed by atoms with van der Waals surface area (Å²) in [5.74, 6) is 0.335. The van der Waals surface area contributed by atoms with Crippen LogP contribution in [0.5, 0.6) is 5.75 Å². The number of hydrogen-bond donors (Lipinski definition) is 1. The van der Waals surface area contributed by atoms with E-state index in [1.54, 1.807) is 0 Å². The number of piperidine rings is 1. The number of alkyl halides is 3. The minimum absolute atomic E-state index is 0. The number of likely N-dealkylation sites (tertiary alicyclic amines) is 1. The molecule has 0 saturated carbocycles. The zero-order valence-electron chi connectivity index (χ0n) is 13.4. The lowest BCUT2D eigenvalue weighted by atomic mass is 9.96. The van der Waals surface area contributed by atoms with E-state index in [2.05, 4.69) is 10.1 Å². The van der Waals surface area contributed by atoms with Gasteiger partial charge in [-0.2, -0.15) is 0 Å². The molecule has 1 saturated heterocycles. The van der Waals surface area contributed by atoms with Crippen molar-refractivity contribution in [2.45, 2.75) is 25.6 Å². The molecule has 1 aromatic rings. The third-order valence-corrected chi connectivity index (χ3v) is 3.97. The number of carbonyl (C=O) groups excluding carboxylic acids is 1. The van der Waals surface area contributed by atoms with Gasteiger partial charge in [0.05, 0.1) is 6.42 Å². The zero-order valence-corrected chi connectivity index (χ0v) is 14.3. The number of nitrogens with one attached hydrogen (secondary N) is 1. The summed E-state index contributed by atoms with van der Waals surface area (Å²) < 4.78 is 40.1. The SMILES string of the molecule is CNCC1CCN(C(=O)Cc2ccc(OC(F)(F)F)cc2)CC1.Cl. The molecular formula is C16H22ClF3N2O2. The number of rotatable bonds is 5. The first-order valence-electron chi connectivity index (χ1n) is 7.64. The van der Waals surface area contributed by atoms with Crippen molar-refractivity contribution in [3.05, 3.63) is 29.8 Å². The van der Waals surface area contributed by atoms with Crippen LogP contribution in [0.2, 0.25) is 0 Å². The van der Waals surface area contributed by atoms with Gasteiger partial charge in [0.1, 0.15) is 5.75 Å². The van der Waals surface area contributed by atoms with Crippen molar-refractivity contribution < 1.29 is 22.7 Å². The molecule has 1 amide bonds. The summed E-state index contributed by atoms with van der Waals surface area (Å²) in [5, 5.41) is 3.15. The minimum Gasteiger partial charge on any atom is -0.406 e. The van der Waals surface area contributed by atoms with Crippen LogP contribution in [-0.4, -0.2) is 43.9 Å². The Morgan fingerprint density at radius 2 is 1.83 bits per heavy atom. The molecule has 8 heteroatoms. The van der Waals surface area contributed by atoms with Crippen LogP contribution in [0.4, 0.5) is 13.2 Å². The number of nitrogens with zero attached hydrogens (tertiary/aromatic N) is 1. The molecule has 1 fully saturated rings. The largest absolute Gasteiger partial charge is 0.573 e. The average molecular weight is 367 g/mol. The summed E-state index contributed by atoms with van der Waals surface area (Å²) >= 11 is 0. The monoisotopic (exact) mass is 366 g/mol. The molecule has 136 valence electrons. The van der Waals surface area contributed by atoms with Crippen LogP contribution in [0.1, 0.15) is 18.4 Å². The van der Waals surface area contributed by atoms with Gasteiger partial charge in [-0.05, 0) is 50.0 Å². The summed E-state index contributed by atoms with van der Waals surface area (Å²) in [6.45, 7) is 2.43. The zero-order chi connectivity index (χ0) is 16.9. The fraction of sp³-hybridized carbons (Fsp3) is 0.562. The van der Waals surface area contributed by atoms with Gasteiger partial charge >= 0.3 is 6.36 Å². The maximum Gasteiger partial charge on any atom is 0.573 e. The highest BCUT2D eigenvalue weighted by molar-refractivity contribution is 5.85. The Hall–Kier alpha value is -1.47. The van der Waals surface area contributed by atoms with Gasteiger partial charge in [-0.1, -0.05) is 12.1 Å².